The van der Waals surface area contributed by atoms with Crippen LogP contribution in [0.5, 0.6) is 0 Å². The van der Waals surface area contributed by atoms with Gasteiger partial charge in [0.15, 0.2) is 0 Å². The minimum atomic E-state index is -0.405. The molecule has 3 atom stereocenters. The molecule has 2 aliphatic heterocycles. The number of nitrogens with zero attached hydrogens (tertiary/aromatic N) is 1. The van der Waals surface area contributed by atoms with Gasteiger partial charge in [-0.3, -0.25) is 9.59 Å². The zero-order chi connectivity index (χ0) is 14.1. The molecule has 1 unspecified atom stereocenters. The summed E-state index contributed by atoms with van der Waals surface area (Å²) in [7, 11) is 0. The molecular formula is C14H23N3O3. The highest BCUT2D eigenvalue weighted by molar-refractivity contribution is 5.90. The van der Waals surface area contributed by atoms with E-state index in [9.17, 15) is 9.59 Å². The molecule has 2 amide bonds. The summed E-state index contributed by atoms with van der Waals surface area (Å²) in [5, 5.41) is 3.00. The molecule has 1 saturated carbocycles. The van der Waals surface area contributed by atoms with E-state index in [1.165, 1.54) is 0 Å². The van der Waals surface area contributed by atoms with Crippen molar-refractivity contribution in [1.29, 1.82) is 0 Å². The molecule has 2 heterocycles. The van der Waals surface area contributed by atoms with Crippen LogP contribution >= 0.6 is 0 Å². The van der Waals surface area contributed by atoms with E-state index in [1.54, 1.807) is 4.90 Å². The van der Waals surface area contributed by atoms with Crippen LogP contribution in [-0.2, 0) is 14.3 Å². The fourth-order valence-electron chi connectivity index (χ4n) is 3.07. The minimum Gasteiger partial charge on any atom is -0.364 e. The highest BCUT2D eigenvalue weighted by Gasteiger charge is 2.41. The van der Waals surface area contributed by atoms with Crippen LogP contribution in [0, 0.1) is 0 Å². The molecule has 0 spiro atoms. The number of hydrogen-bond donors (Lipinski definition) is 2. The van der Waals surface area contributed by atoms with Gasteiger partial charge in [-0.15, -0.1) is 0 Å². The highest BCUT2D eigenvalue weighted by atomic mass is 16.5. The number of carbonyl (C=O) groups is 2. The lowest BCUT2D eigenvalue weighted by molar-refractivity contribution is -0.147. The highest BCUT2D eigenvalue weighted by Crippen LogP contribution is 2.26. The average Bonchev–Trinajstić information content (AvgIpc) is 2.99. The molecule has 3 rings (SSSR count). The first-order chi connectivity index (χ1) is 9.69. The number of ether oxygens (including phenoxy) is 1. The Kier molecular flexibility index (Phi) is 3.94. The number of likely N-dealkylation sites (tertiary alicyclic amines) is 1. The van der Waals surface area contributed by atoms with Crippen LogP contribution in [0.3, 0.4) is 0 Å². The second-order valence-electron chi connectivity index (χ2n) is 6.03. The first-order valence-electron chi connectivity index (χ1n) is 7.65. The number of rotatable bonds is 4. The number of hydrogen-bond acceptors (Lipinski definition) is 4. The van der Waals surface area contributed by atoms with Gasteiger partial charge in [-0.05, 0) is 38.5 Å². The lowest BCUT2D eigenvalue weighted by Crippen LogP contribution is -2.49. The van der Waals surface area contributed by atoms with E-state index in [4.69, 9.17) is 10.5 Å². The average molecular weight is 281 g/mol. The smallest absolute Gasteiger partial charge is 0.252 e. The molecule has 0 aromatic rings. The third-order valence-electron chi connectivity index (χ3n) is 4.41. The largest absolute Gasteiger partial charge is 0.364 e. The maximum absolute atomic E-state index is 12.5. The second-order valence-corrected chi connectivity index (χ2v) is 6.03. The summed E-state index contributed by atoms with van der Waals surface area (Å²) in [6, 6.07) is 0.0352. The molecule has 3 aliphatic rings. The zero-order valence-electron chi connectivity index (χ0n) is 11.7. The number of nitrogens with one attached hydrogen (secondary N) is 1. The molecule has 0 bridgehead atoms. The van der Waals surface area contributed by atoms with Crippen LogP contribution < -0.4 is 11.1 Å². The summed E-state index contributed by atoms with van der Waals surface area (Å²) in [5.41, 5.74) is 5.57. The van der Waals surface area contributed by atoms with Crippen molar-refractivity contribution >= 4 is 11.8 Å². The molecule has 2 saturated heterocycles. The van der Waals surface area contributed by atoms with E-state index < -0.39 is 6.10 Å². The van der Waals surface area contributed by atoms with E-state index in [1.807, 2.05) is 0 Å². The van der Waals surface area contributed by atoms with Crippen molar-refractivity contribution in [2.45, 2.75) is 62.8 Å². The van der Waals surface area contributed by atoms with Crippen molar-refractivity contribution in [2.24, 2.45) is 5.73 Å². The van der Waals surface area contributed by atoms with Gasteiger partial charge in [0.1, 0.15) is 12.1 Å². The van der Waals surface area contributed by atoms with Crippen molar-refractivity contribution in [3.05, 3.63) is 0 Å². The number of amides is 2. The van der Waals surface area contributed by atoms with E-state index in [0.717, 1.165) is 32.1 Å². The Labute approximate surface area is 119 Å². The lowest BCUT2D eigenvalue weighted by atomic mass is 10.1. The Bertz CT molecular complexity index is 397. The maximum Gasteiger partial charge on any atom is 0.252 e. The van der Waals surface area contributed by atoms with Crippen LogP contribution in [-0.4, -0.2) is 54.1 Å². The van der Waals surface area contributed by atoms with Crippen molar-refractivity contribution in [3.8, 4) is 0 Å². The van der Waals surface area contributed by atoms with E-state index >= 15 is 0 Å². The summed E-state index contributed by atoms with van der Waals surface area (Å²) >= 11 is 0. The number of nitrogens with two attached hydrogens (primary N) is 1. The van der Waals surface area contributed by atoms with Gasteiger partial charge in [-0.1, -0.05) is 0 Å². The third-order valence-corrected chi connectivity index (χ3v) is 4.41. The molecule has 20 heavy (non-hydrogen) atoms. The van der Waals surface area contributed by atoms with E-state index in [0.29, 0.717) is 25.6 Å². The molecule has 0 radical (unpaired) electrons. The quantitative estimate of drug-likeness (QED) is 0.745. The normalized spacial score (nSPS) is 33.5. The first kappa shape index (κ1) is 13.8. The molecule has 3 fully saturated rings. The summed E-state index contributed by atoms with van der Waals surface area (Å²) < 4.78 is 5.66. The van der Waals surface area contributed by atoms with Gasteiger partial charge in [0.05, 0.1) is 6.10 Å². The molecule has 3 N–H and O–H groups in total. The minimum absolute atomic E-state index is 0.00622. The maximum atomic E-state index is 12.5. The SMILES string of the molecule is NC[C@H]1CC[C@@H](C(=O)N2CCCC2C(=O)NC2CC2)O1. The van der Waals surface area contributed by atoms with E-state index in [-0.39, 0.29) is 24.0 Å². The van der Waals surface area contributed by atoms with Gasteiger partial charge < -0.3 is 20.7 Å². The molecule has 1 aliphatic carbocycles. The van der Waals surface area contributed by atoms with E-state index in [2.05, 4.69) is 5.32 Å². The summed E-state index contributed by atoms with van der Waals surface area (Å²) in [5.74, 6) is -0.0267. The van der Waals surface area contributed by atoms with Crippen molar-refractivity contribution in [2.75, 3.05) is 13.1 Å². The molecule has 6 nitrogen and oxygen atoms in total. The number of carbonyl (C=O) groups excluding carboxylic acids is 2. The van der Waals surface area contributed by atoms with Crippen molar-refractivity contribution in [1.82, 2.24) is 10.2 Å². The Hall–Kier alpha value is -1.14. The van der Waals surface area contributed by atoms with Crippen molar-refractivity contribution in [3.63, 3.8) is 0 Å². The lowest BCUT2D eigenvalue weighted by Gasteiger charge is -2.26. The van der Waals surface area contributed by atoms with Crippen LogP contribution in [0.2, 0.25) is 0 Å². The molecule has 6 heteroatoms. The third kappa shape index (κ3) is 2.81. The van der Waals surface area contributed by atoms with Crippen LogP contribution in [0.4, 0.5) is 0 Å². The summed E-state index contributed by atoms with van der Waals surface area (Å²) in [4.78, 5) is 26.4. The second kappa shape index (κ2) is 5.69. The van der Waals surface area contributed by atoms with Gasteiger partial charge in [0.25, 0.3) is 5.91 Å². The molecule has 0 aromatic heterocycles. The predicted octanol–water partition coefficient (Wildman–Crippen LogP) is -0.238. The molecule has 112 valence electrons. The standard InChI is InChI=1S/C14H23N3O3/c15-8-10-5-6-12(20-10)14(19)17-7-1-2-11(17)13(18)16-9-3-4-9/h9-12H,1-8,15H2,(H,16,18)/t10-,11?,12+/m1/s1. The van der Waals surface area contributed by atoms with Crippen LogP contribution in [0.25, 0.3) is 0 Å². The monoisotopic (exact) mass is 281 g/mol. The zero-order valence-corrected chi connectivity index (χ0v) is 11.7. The van der Waals surface area contributed by atoms with Gasteiger partial charge >= 0.3 is 0 Å². The Morgan fingerprint density at radius 1 is 1.20 bits per heavy atom. The first-order valence-corrected chi connectivity index (χ1v) is 7.65. The van der Waals surface area contributed by atoms with Crippen LogP contribution in [0.1, 0.15) is 38.5 Å². The Morgan fingerprint density at radius 3 is 2.65 bits per heavy atom. The van der Waals surface area contributed by atoms with Gasteiger partial charge in [0, 0.05) is 19.1 Å². The Morgan fingerprint density at radius 2 is 2.00 bits per heavy atom. The van der Waals surface area contributed by atoms with Crippen LogP contribution in [0.15, 0.2) is 0 Å². The fraction of sp³-hybridized carbons (Fsp3) is 0.857. The van der Waals surface area contributed by atoms with Gasteiger partial charge in [0.2, 0.25) is 5.91 Å². The Balaban J connectivity index is 1.59. The van der Waals surface area contributed by atoms with Crippen molar-refractivity contribution < 1.29 is 14.3 Å². The van der Waals surface area contributed by atoms with Gasteiger partial charge in [-0.2, -0.15) is 0 Å². The summed E-state index contributed by atoms with van der Waals surface area (Å²) in [6.07, 6.45) is 4.92. The summed E-state index contributed by atoms with van der Waals surface area (Å²) in [6.45, 7) is 1.12. The predicted molar refractivity (Wildman–Crippen MR) is 72.8 cm³/mol. The molecule has 0 aromatic carbocycles. The molecular weight excluding hydrogens is 258 g/mol. The fourth-order valence-corrected chi connectivity index (χ4v) is 3.07. The topological polar surface area (TPSA) is 84.7 Å². The van der Waals surface area contributed by atoms with Gasteiger partial charge in [-0.25, -0.2) is 0 Å².